The molecule has 1 aromatic heterocycles. The van der Waals surface area contributed by atoms with Gasteiger partial charge in [-0.3, -0.25) is 9.36 Å². The van der Waals surface area contributed by atoms with Crippen LogP contribution in [0.25, 0.3) is 22.2 Å². The third-order valence-electron chi connectivity index (χ3n) is 6.09. The fourth-order valence-corrected chi connectivity index (χ4v) is 4.31. The lowest BCUT2D eigenvalue weighted by Crippen LogP contribution is -2.28. The van der Waals surface area contributed by atoms with Gasteiger partial charge in [0.1, 0.15) is 6.54 Å². The van der Waals surface area contributed by atoms with Crippen LogP contribution in [0.4, 0.5) is 0 Å². The molecule has 0 bridgehead atoms. The van der Waals surface area contributed by atoms with E-state index in [4.69, 9.17) is 11.6 Å². The molecule has 0 saturated heterocycles. The fourth-order valence-electron chi connectivity index (χ4n) is 4.19. The second kappa shape index (κ2) is 8.40. The molecule has 0 spiro atoms. The summed E-state index contributed by atoms with van der Waals surface area (Å²) < 4.78 is 3.04. The van der Waals surface area contributed by atoms with Crippen LogP contribution in [0.3, 0.4) is 0 Å². The molecule has 32 heavy (non-hydrogen) atoms. The average Bonchev–Trinajstić information content (AvgIpc) is 3.58. The van der Waals surface area contributed by atoms with E-state index in [2.05, 4.69) is 35.4 Å². The van der Waals surface area contributed by atoms with Gasteiger partial charge in [-0.15, -0.1) is 5.10 Å². The predicted molar refractivity (Wildman–Crippen MR) is 127 cm³/mol. The van der Waals surface area contributed by atoms with E-state index in [-0.39, 0.29) is 30.0 Å². The summed E-state index contributed by atoms with van der Waals surface area (Å²) in [5, 5.41) is 7.51. The highest BCUT2D eigenvalue weighted by atomic mass is 35.5. The van der Waals surface area contributed by atoms with Gasteiger partial charge in [0.15, 0.2) is 11.6 Å². The summed E-state index contributed by atoms with van der Waals surface area (Å²) in [6, 6.07) is 21.9. The van der Waals surface area contributed by atoms with E-state index in [0.717, 1.165) is 29.4 Å². The maximum absolute atomic E-state index is 13.0. The minimum atomic E-state index is -0.218. The van der Waals surface area contributed by atoms with Crippen LogP contribution in [0.15, 0.2) is 71.5 Å². The number of rotatable bonds is 7. The van der Waals surface area contributed by atoms with E-state index < -0.39 is 0 Å². The van der Waals surface area contributed by atoms with Crippen LogP contribution in [0.1, 0.15) is 43.7 Å². The number of nitrogens with zero attached hydrogens (tertiary/aromatic N) is 3. The Morgan fingerprint density at radius 3 is 2.50 bits per heavy atom. The summed E-state index contributed by atoms with van der Waals surface area (Å²) in [4.78, 5) is 25.9. The van der Waals surface area contributed by atoms with Gasteiger partial charge in [-0.2, -0.15) is 0 Å². The van der Waals surface area contributed by atoms with E-state index >= 15 is 0 Å². The highest BCUT2D eigenvalue weighted by Crippen LogP contribution is 2.36. The van der Waals surface area contributed by atoms with Crippen molar-refractivity contribution < 1.29 is 4.79 Å². The Bertz CT molecular complexity index is 1350. The Balaban J connectivity index is 1.36. The first-order valence-corrected chi connectivity index (χ1v) is 11.3. The van der Waals surface area contributed by atoms with Crippen molar-refractivity contribution in [1.82, 2.24) is 14.3 Å². The third kappa shape index (κ3) is 4.13. The van der Waals surface area contributed by atoms with Gasteiger partial charge < -0.3 is 0 Å². The van der Waals surface area contributed by atoms with Crippen molar-refractivity contribution in [2.24, 2.45) is 0 Å². The molecule has 4 aromatic rings. The van der Waals surface area contributed by atoms with Crippen molar-refractivity contribution >= 4 is 28.2 Å². The first-order valence-electron chi connectivity index (χ1n) is 11.0. The lowest BCUT2D eigenvalue weighted by atomic mass is 9.93. The molecular weight excluding hydrogens is 422 g/mol. The van der Waals surface area contributed by atoms with Crippen molar-refractivity contribution in [3.8, 4) is 11.4 Å². The molecule has 5 nitrogen and oxygen atoms in total. The molecule has 1 heterocycles. The molecule has 3 aromatic carbocycles. The summed E-state index contributed by atoms with van der Waals surface area (Å²) in [6.07, 6.45) is 2.27. The van der Waals surface area contributed by atoms with Crippen LogP contribution in [0.2, 0.25) is 5.02 Å². The van der Waals surface area contributed by atoms with Crippen LogP contribution in [-0.4, -0.2) is 20.1 Å². The van der Waals surface area contributed by atoms with E-state index in [1.54, 1.807) is 16.7 Å². The number of Topliss-reactive ketones (excluding diaryl/α,β-unsaturated/α-hetero) is 1. The molecule has 1 fully saturated rings. The maximum Gasteiger partial charge on any atom is 0.346 e. The minimum absolute atomic E-state index is 0.00383. The van der Waals surface area contributed by atoms with E-state index in [1.807, 2.05) is 31.2 Å². The minimum Gasteiger partial charge on any atom is -0.298 e. The quantitative estimate of drug-likeness (QED) is 0.371. The molecule has 5 rings (SSSR count). The Kier molecular flexibility index (Phi) is 5.43. The SMILES string of the molecule is C[C@@H](CC(=O)Cn1nc(-c2ccc(Cl)cc2)n(C2CC2)c1=O)c1ccc2ccccc2c1. The normalized spacial score (nSPS) is 14.6. The van der Waals surface area contributed by atoms with Crippen LogP contribution in [0, 0.1) is 0 Å². The van der Waals surface area contributed by atoms with Gasteiger partial charge >= 0.3 is 5.69 Å². The van der Waals surface area contributed by atoms with Gasteiger partial charge in [0.2, 0.25) is 0 Å². The topological polar surface area (TPSA) is 56.9 Å². The zero-order chi connectivity index (χ0) is 22.2. The standard InChI is InChI=1S/C26H24ClN3O2/c1-17(20-7-6-18-4-2-3-5-21(18)15-20)14-24(31)16-29-26(32)30(23-12-13-23)25(28-29)19-8-10-22(27)11-9-19/h2-11,15,17,23H,12-14,16H2,1H3/t17-/m0/s1. The van der Waals surface area contributed by atoms with Crippen LogP contribution in [0.5, 0.6) is 0 Å². The van der Waals surface area contributed by atoms with Crippen molar-refractivity contribution in [1.29, 1.82) is 0 Å². The highest BCUT2D eigenvalue weighted by molar-refractivity contribution is 6.30. The summed E-state index contributed by atoms with van der Waals surface area (Å²) in [7, 11) is 0. The van der Waals surface area contributed by atoms with Gasteiger partial charge in [0.05, 0.1) is 0 Å². The lowest BCUT2D eigenvalue weighted by Gasteiger charge is -2.12. The first-order chi connectivity index (χ1) is 15.5. The molecule has 162 valence electrons. The predicted octanol–water partition coefficient (Wildman–Crippen LogP) is 5.62. The van der Waals surface area contributed by atoms with Crippen molar-refractivity contribution in [3.05, 3.63) is 87.8 Å². The van der Waals surface area contributed by atoms with Gasteiger partial charge in [-0.1, -0.05) is 61.0 Å². The molecule has 1 saturated carbocycles. The average molecular weight is 446 g/mol. The number of benzene rings is 3. The summed E-state index contributed by atoms with van der Waals surface area (Å²) in [5.74, 6) is 0.657. The molecule has 0 amide bonds. The zero-order valence-electron chi connectivity index (χ0n) is 17.9. The van der Waals surface area contributed by atoms with E-state index in [1.165, 1.54) is 10.1 Å². The third-order valence-corrected chi connectivity index (χ3v) is 6.34. The summed E-state index contributed by atoms with van der Waals surface area (Å²) in [6.45, 7) is 2.03. The Hall–Kier alpha value is -3.18. The largest absolute Gasteiger partial charge is 0.346 e. The zero-order valence-corrected chi connectivity index (χ0v) is 18.6. The summed E-state index contributed by atoms with van der Waals surface area (Å²) >= 11 is 6.01. The second-order valence-corrected chi connectivity index (χ2v) is 9.06. The number of hydrogen-bond donors (Lipinski definition) is 0. The van der Waals surface area contributed by atoms with E-state index in [9.17, 15) is 9.59 Å². The second-order valence-electron chi connectivity index (χ2n) is 8.62. The molecule has 0 N–H and O–H groups in total. The Labute approximate surface area is 191 Å². The molecule has 0 aliphatic heterocycles. The smallest absolute Gasteiger partial charge is 0.298 e. The molecular formula is C26H24ClN3O2. The van der Waals surface area contributed by atoms with E-state index in [0.29, 0.717) is 17.3 Å². The van der Waals surface area contributed by atoms with Crippen LogP contribution in [-0.2, 0) is 11.3 Å². The number of fused-ring (bicyclic) bond motifs is 1. The number of aromatic nitrogens is 3. The number of carbonyl (C=O) groups excluding carboxylic acids is 1. The number of halogens is 1. The molecule has 1 aliphatic rings. The van der Waals surface area contributed by atoms with Gasteiger partial charge in [0.25, 0.3) is 0 Å². The van der Waals surface area contributed by atoms with Gasteiger partial charge in [0, 0.05) is 23.0 Å². The molecule has 1 atom stereocenters. The highest BCUT2D eigenvalue weighted by Gasteiger charge is 2.30. The van der Waals surface area contributed by atoms with Crippen LogP contribution < -0.4 is 5.69 Å². The summed E-state index contributed by atoms with van der Waals surface area (Å²) in [5.41, 5.74) is 1.73. The van der Waals surface area contributed by atoms with Crippen LogP contribution >= 0.6 is 11.6 Å². The van der Waals surface area contributed by atoms with Crippen molar-refractivity contribution in [2.45, 2.75) is 44.7 Å². The number of hydrogen-bond acceptors (Lipinski definition) is 3. The van der Waals surface area contributed by atoms with Gasteiger partial charge in [-0.25, -0.2) is 9.48 Å². The number of ketones is 1. The molecule has 0 unspecified atom stereocenters. The number of carbonyl (C=O) groups is 1. The molecule has 0 radical (unpaired) electrons. The Morgan fingerprint density at radius 1 is 1.06 bits per heavy atom. The Morgan fingerprint density at radius 2 is 1.78 bits per heavy atom. The first kappa shape index (κ1) is 20.7. The van der Waals surface area contributed by atoms with Crippen molar-refractivity contribution in [3.63, 3.8) is 0 Å². The van der Waals surface area contributed by atoms with Gasteiger partial charge in [-0.05, 0) is 59.4 Å². The lowest BCUT2D eigenvalue weighted by molar-refractivity contribution is -0.120. The monoisotopic (exact) mass is 445 g/mol. The molecule has 6 heteroatoms. The van der Waals surface area contributed by atoms with Crippen molar-refractivity contribution in [2.75, 3.05) is 0 Å². The maximum atomic E-state index is 13.0. The fraction of sp³-hybridized carbons (Fsp3) is 0.269. The molecule has 1 aliphatic carbocycles.